The molecule has 8 heavy (non-hydrogen) atoms. The van der Waals surface area contributed by atoms with Gasteiger partial charge in [-0.2, -0.15) is 11.8 Å². The van der Waals surface area contributed by atoms with E-state index in [1.54, 1.807) is 0 Å². The Labute approximate surface area is 61.0 Å². The van der Waals surface area contributed by atoms with Crippen molar-refractivity contribution in [2.45, 2.75) is 12.2 Å². The molecule has 1 heterocycles. The van der Waals surface area contributed by atoms with Crippen LogP contribution in [0.5, 0.6) is 0 Å². The summed E-state index contributed by atoms with van der Waals surface area (Å²) in [5.41, 5.74) is 0. The highest BCUT2D eigenvalue weighted by Gasteiger charge is 2.14. The third kappa shape index (κ3) is 2.25. The second-order valence-corrected chi connectivity index (χ2v) is 3.31. The Bertz CT molecular complexity index is 56.4. The number of hydrogen-bond acceptors (Lipinski definition) is 2. The van der Waals surface area contributed by atoms with Crippen LogP contribution in [-0.2, 0) is 0 Å². The highest BCUT2D eigenvalue weighted by Crippen LogP contribution is 2.12. The number of halogens is 1. The molecule has 1 nitrogen and oxygen atoms in total. The molecule has 0 aromatic carbocycles. The third-order valence-electron chi connectivity index (χ3n) is 1.15. The van der Waals surface area contributed by atoms with Gasteiger partial charge < -0.3 is 5.32 Å². The molecule has 0 aliphatic carbocycles. The van der Waals surface area contributed by atoms with Crippen molar-refractivity contribution in [2.24, 2.45) is 0 Å². The van der Waals surface area contributed by atoms with Gasteiger partial charge in [0.1, 0.15) is 0 Å². The van der Waals surface area contributed by atoms with Crippen LogP contribution in [0.25, 0.3) is 0 Å². The Balaban J connectivity index is 0.000000490. The first-order valence-corrected chi connectivity index (χ1v) is 3.80. The number of thioether (sulfide) groups is 1. The Morgan fingerprint density at radius 2 is 2.25 bits per heavy atom. The predicted molar refractivity (Wildman–Crippen MR) is 42.0 cm³/mol. The van der Waals surface area contributed by atoms with Gasteiger partial charge in [-0.25, -0.2) is 0 Å². The first kappa shape index (κ1) is 8.60. The molecule has 1 N–H and O–H groups in total. The zero-order valence-electron chi connectivity index (χ0n) is 5.02. The molecular formula is C5H12ClNS. The maximum Gasteiger partial charge on any atom is 0.0297 e. The normalized spacial score (nSPS) is 19.1. The molecule has 1 saturated heterocycles. The van der Waals surface area contributed by atoms with Gasteiger partial charge in [-0.1, -0.05) is 6.92 Å². The van der Waals surface area contributed by atoms with Crippen molar-refractivity contribution in [3.8, 4) is 0 Å². The van der Waals surface area contributed by atoms with E-state index in [-0.39, 0.29) is 12.4 Å². The molecule has 50 valence electrons. The number of hydrogen-bond donors (Lipinski definition) is 1. The van der Waals surface area contributed by atoms with Gasteiger partial charge in [-0.15, -0.1) is 12.4 Å². The summed E-state index contributed by atoms with van der Waals surface area (Å²) in [6.45, 7) is 4.68. The monoisotopic (exact) mass is 153 g/mol. The lowest BCUT2D eigenvalue weighted by atomic mass is 10.3. The Morgan fingerprint density at radius 3 is 2.38 bits per heavy atom. The predicted octanol–water partition coefficient (Wildman–Crippen LogP) is 1.13. The lowest BCUT2D eigenvalue weighted by molar-refractivity contribution is 0.544. The summed E-state index contributed by atoms with van der Waals surface area (Å²) in [5.74, 6) is 1.27. The molecular weight excluding hydrogens is 142 g/mol. The summed E-state index contributed by atoms with van der Waals surface area (Å²) >= 11 is 2.06. The molecule has 0 spiro atoms. The van der Waals surface area contributed by atoms with Gasteiger partial charge in [0, 0.05) is 18.3 Å². The van der Waals surface area contributed by atoms with Crippen LogP contribution < -0.4 is 5.32 Å². The van der Waals surface area contributed by atoms with Crippen LogP contribution in [0.2, 0.25) is 0 Å². The van der Waals surface area contributed by atoms with Crippen LogP contribution in [0.4, 0.5) is 0 Å². The summed E-state index contributed by atoms with van der Waals surface area (Å²) in [6.07, 6.45) is 0. The van der Waals surface area contributed by atoms with Gasteiger partial charge in [-0.05, 0) is 5.75 Å². The van der Waals surface area contributed by atoms with Crippen LogP contribution in [0.15, 0.2) is 0 Å². The van der Waals surface area contributed by atoms with Crippen molar-refractivity contribution in [3.05, 3.63) is 0 Å². The van der Waals surface area contributed by atoms with E-state index in [1.165, 1.54) is 18.8 Å². The van der Waals surface area contributed by atoms with Gasteiger partial charge in [0.25, 0.3) is 0 Å². The molecule has 3 heteroatoms. The van der Waals surface area contributed by atoms with Crippen molar-refractivity contribution in [2.75, 3.05) is 18.8 Å². The SMILES string of the molecule is CCSC1CNC1.Cl. The standard InChI is InChI=1S/C5H11NS.ClH/c1-2-7-5-3-6-4-5;/h5-6H,2-4H2,1H3;1H. The van der Waals surface area contributed by atoms with Gasteiger partial charge in [-0.3, -0.25) is 0 Å². The Morgan fingerprint density at radius 1 is 1.62 bits per heavy atom. The number of nitrogens with one attached hydrogen (secondary N) is 1. The van der Waals surface area contributed by atoms with E-state index in [0.717, 1.165) is 5.25 Å². The summed E-state index contributed by atoms with van der Waals surface area (Å²) in [6, 6.07) is 0. The van der Waals surface area contributed by atoms with E-state index in [0.29, 0.717) is 0 Å². The summed E-state index contributed by atoms with van der Waals surface area (Å²) in [5, 5.41) is 4.16. The maximum atomic E-state index is 3.23. The van der Waals surface area contributed by atoms with E-state index < -0.39 is 0 Å². The van der Waals surface area contributed by atoms with Gasteiger partial charge in [0.2, 0.25) is 0 Å². The van der Waals surface area contributed by atoms with Gasteiger partial charge in [0.15, 0.2) is 0 Å². The molecule has 0 aromatic rings. The molecule has 0 saturated carbocycles. The maximum absolute atomic E-state index is 3.23. The van der Waals surface area contributed by atoms with E-state index in [9.17, 15) is 0 Å². The zero-order chi connectivity index (χ0) is 5.11. The molecule has 0 amide bonds. The van der Waals surface area contributed by atoms with Crippen molar-refractivity contribution in [1.29, 1.82) is 0 Å². The molecule has 0 radical (unpaired) electrons. The molecule has 1 rings (SSSR count). The fourth-order valence-corrected chi connectivity index (χ4v) is 1.56. The fraction of sp³-hybridized carbons (Fsp3) is 1.00. The van der Waals surface area contributed by atoms with Crippen LogP contribution in [0.3, 0.4) is 0 Å². The van der Waals surface area contributed by atoms with Crippen molar-refractivity contribution in [1.82, 2.24) is 5.32 Å². The zero-order valence-corrected chi connectivity index (χ0v) is 6.65. The molecule has 1 aliphatic heterocycles. The first-order chi connectivity index (χ1) is 3.43. The minimum absolute atomic E-state index is 0. The van der Waals surface area contributed by atoms with Crippen molar-refractivity contribution in [3.63, 3.8) is 0 Å². The lowest BCUT2D eigenvalue weighted by Gasteiger charge is -2.25. The van der Waals surface area contributed by atoms with Crippen LogP contribution in [0, 0.1) is 0 Å². The Hall–Kier alpha value is 0.600. The van der Waals surface area contributed by atoms with E-state index in [1.807, 2.05) is 0 Å². The molecule has 0 unspecified atom stereocenters. The minimum Gasteiger partial charge on any atom is -0.314 e. The number of rotatable bonds is 2. The molecule has 0 atom stereocenters. The second kappa shape index (κ2) is 4.48. The van der Waals surface area contributed by atoms with Crippen molar-refractivity contribution >= 4 is 24.2 Å². The topological polar surface area (TPSA) is 12.0 Å². The minimum atomic E-state index is 0. The largest absolute Gasteiger partial charge is 0.314 e. The highest BCUT2D eigenvalue weighted by atomic mass is 35.5. The highest BCUT2D eigenvalue weighted by molar-refractivity contribution is 7.99. The molecule has 1 fully saturated rings. The smallest absolute Gasteiger partial charge is 0.0297 e. The van der Waals surface area contributed by atoms with Crippen LogP contribution in [0.1, 0.15) is 6.92 Å². The molecule has 0 bridgehead atoms. The first-order valence-electron chi connectivity index (χ1n) is 2.76. The molecule has 0 aromatic heterocycles. The van der Waals surface area contributed by atoms with E-state index in [2.05, 4.69) is 24.0 Å². The van der Waals surface area contributed by atoms with Crippen LogP contribution in [-0.4, -0.2) is 24.1 Å². The third-order valence-corrected chi connectivity index (χ3v) is 2.28. The van der Waals surface area contributed by atoms with Crippen molar-refractivity contribution < 1.29 is 0 Å². The summed E-state index contributed by atoms with van der Waals surface area (Å²) in [4.78, 5) is 0. The average Bonchev–Trinajstić information content (AvgIpc) is 1.55. The van der Waals surface area contributed by atoms with E-state index >= 15 is 0 Å². The summed E-state index contributed by atoms with van der Waals surface area (Å²) in [7, 11) is 0. The average molecular weight is 154 g/mol. The van der Waals surface area contributed by atoms with Gasteiger partial charge >= 0.3 is 0 Å². The van der Waals surface area contributed by atoms with Crippen LogP contribution >= 0.6 is 24.2 Å². The quantitative estimate of drug-likeness (QED) is 0.639. The second-order valence-electron chi connectivity index (χ2n) is 1.74. The fourth-order valence-electron chi connectivity index (χ4n) is 0.616. The summed E-state index contributed by atoms with van der Waals surface area (Å²) < 4.78 is 0. The van der Waals surface area contributed by atoms with E-state index in [4.69, 9.17) is 0 Å². The lowest BCUT2D eigenvalue weighted by Crippen LogP contribution is -2.44. The molecule has 1 aliphatic rings. The van der Waals surface area contributed by atoms with Gasteiger partial charge in [0.05, 0.1) is 0 Å². The Kier molecular flexibility index (Phi) is 4.81.